The molecule has 0 aliphatic heterocycles. The zero-order valence-electron chi connectivity index (χ0n) is 10.0. The van der Waals surface area contributed by atoms with Gasteiger partial charge in [-0.2, -0.15) is 0 Å². The van der Waals surface area contributed by atoms with Crippen LogP contribution in [0.25, 0.3) is 0 Å². The van der Waals surface area contributed by atoms with E-state index in [0.717, 1.165) is 3.57 Å². The molecule has 0 atom stereocenters. The van der Waals surface area contributed by atoms with Gasteiger partial charge in [0.1, 0.15) is 5.82 Å². The number of halogens is 3. The van der Waals surface area contributed by atoms with E-state index in [-0.39, 0.29) is 11.7 Å². The highest BCUT2D eigenvalue weighted by Crippen LogP contribution is 2.21. The van der Waals surface area contributed by atoms with Gasteiger partial charge >= 0.3 is 0 Å². The lowest BCUT2D eigenvalue weighted by Gasteiger charge is -2.07. The van der Waals surface area contributed by atoms with Crippen LogP contribution < -0.4 is 5.32 Å². The predicted octanol–water partition coefficient (Wildman–Crippen LogP) is 4.64. The Morgan fingerprint density at radius 2 is 2.00 bits per heavy atom. The van der Waals surface area contributed by atoms with Gasteiger partial charge in [0.05, 0.1) is 5.02 Å². The van der Waals surface area contributed by atoms with E-state index in [9.17, 15) is 9.18 Å². The maximum absolute atomic E-state index is 13.1. The molecule has 0 fully saturated rings. The van der Waals surface area contributed by atoms with E-state index in [1.54, 1.807) is 31.2 Å². The molecule has 2 aromatic carbocycles. The van der Waals surface area contributed by atoms with Crippen molar-refractivity contribution in [1.82, 2.24) is 0 Å². The van der Waals surface area contributed by atoms with Gasteiger partial charge < -0.3 is 5.32 Å². The van der Waals surface area contributed by atoms with Crippen LogP contribution in [-0.4, -0.2) is 5.91 Å². The fraction of sp³-hybridized carbons (Fsp3) is 0.0714. The van der Waals surface area contributed by atoms with Crippen LogP contribution in [0.15, 0.2) is 36.4 Å². The molecule has 1 N–H and O–H groups in total. The average molecular weight is 390 g/mol. The first kappa shape index (κ1) is 14.3. The molecule has 2 nitrogen and oxygen atoms in total. The normalized spacial score (nSPS) is 10.3. The molecule has 19 heavy (non-hydrogen) atoms. The molecule has 0 unspecified atom stereocenters. The Morgan fingerprint density at radius 1 is 1.26 bits per heavy atom. The Labute approximate surface area is 129 Å². The first-order valence-electron chi connectivity index (χ1n) is 5.50. The van der Waals surface area contributed by atoms with Gasteiger partial charge in [-0.3, -0.25) is 4.79 Å². The van der Waals surface area contributed by atoms with Crippen LogP contribution in [0, 0.1) is 16.3 Å². The van der Waals surface area contributed by atoms with Crippen molar-refractivity contribution >= 4 is 45.8 Å². The summed E-state index contributed by atoms with van der Waals surface area (Å²) in [4.78, 5) is 12.0. The number of carbonyl (C=O) groups is 1. The van der Waals surface area contributed by atoms with Gasteiger partial charge in [0, 0.05) is 14.8 Å². The van der Waals surface area contributed by atoms with E-state index in [1.807, 2.05) is 0 Å². The summed E-state index contributed by atoms with van der Waals surface area (Å²) in [6, 6.07) is 9.50. The van der Waals surface area contributed by atoms with Gasteiger partial charge in [-0.25, -0.2) is 4.39 Å². The molecule has 0 aliphatic carbocycles. The maximum atomic E-state index is 13.1. The number of hydrogen-bond donors (Lipinski definition) is 1. The number of benzene rings is 2. The van der Waals surface area contributed by atoms with E-state index >= 15 is 0 Å². The Morgan fingerprint density at radius 3 is 2.63 bits per heavy atom. The second-order valence-corrected chi connectivity index (χ2v) is 5.62. The Hall–Kier alpha value is -1.14. The summed E-state index contributed by atoms with van der Waals surface area (Å²) in [5.74, 6) is -0.570. The van der Waals surface area contributed by atoms with Gasteiger partial charge in [-0.05, 0) is 71.5 Å². The Bertz CT molecular complexity index is 645. The quantitative estimate of drug-likeness (QED) is 0.745. The minimum Gasteiger partial charge on any atom is -0.322 e. The van der Waals surface area contributed by atoms with Crippen molar-refractivity contribution in [2.45, 2.75) is 6.92 Å². The van der Waals surface area contributed by atoms with E-state index in [1.165, 1.54) is 12.1 Å². The van der Waals surface area contributed by atoms with Crippen molar-refractivity contribution in [3.63, 3.8) is 0 Å². The molecule has 0 radical (unpaired) electrons. The summed E-state index contributed by atoms with van der Waals surface area (Å²) in [6.07, 6.45) is 0. The SMILES string of the molecule is Cc1cc(NC(=O)c2ccc(I)c(Cl)c2)ccc1F. The summed E-state index contributed by atoms with van der Waals surface area (Å²) < 4.78 is 14.0. The lowest BCUT2D eigenvalue weighted by Crippen LogP contribution is -2.12. The van der Waals surface area contributed by atoms with Gasteiger partial charge in [0.25, 0.3) is 5.91 Å². The first-order chi connectivity index (χ1) is 8.97. The zero-order valence-corrected chi connectivity index (χ0v) is 12.9. The van der Waals surface area contributed by atoms with Gasteiger partial charge in [-0.15, -0.1) is 0 Å². The molecule has 5 heteroatoms. The smallest absolute Gasteiger partial charge is 0.255 e. The van der Waals surface area contributed by atoms with Crippen molar-refractivity contribution in [2.75, 3.05) is 5.32 Å². The van der Waals surface area contributed by atoms with Crippen LogP contribution in [-0.2, 0) is 0 Å². The Balaban J connectivity index is 2.20. The number of anilines is 1. The van der Waals surface area contributed by atoms with Crippen molar-refractivity contribution in [2.24, 2.45) is 0 Å². The molecule has 0 heterocycles. The minimum atomic E-state index is -0.296. The second-order valence-electron chi connectivity index (χ2n) is 4.05. The lowest BCUT2D eigenvalue weighted by atomic mass is 10.2. The molecule has 0 spiro atoms. The number of rotatable bonds is 2. The maximum Gasteiger partial charge on any atom is 0.255 e. The molecule has 0 saturated heterocycles. The van der Waals surface area contributed by atoms with Gasteiger partial charge in [0.15, 0.2) is 0 Å². The number of amides is 1. The van der Waals surface area contributed by atoms with Crippen molar-refractivity contribution in [3.8, 4) is 0 Å². The highest BCUT2D eigenvalue weighted by Gasteiger charge is 2.09. The van der Waals surface area contributed by atoms with Crippen molar-refractivity contribution < 1.29 is 9.18 Å². The van der Waals surface area contributed by atoms with Crippen LogP contribution in [0.5, 0.6) is 0 Å². The molecule has 0 aromatic heterocycles. The van der Waals surface area contributed by atoms with Crippen LogP contribution in [0.1, 0.15) is 15.9 Å². The standard InChI is InChI=1S/C14H10ClFINO/c1-8-6-10(3-4-12(8)16)18-14(19)9-2-5-13(17)11(15)7-9/h2-7H,1H3,(H,18,19). The molecule has 0 aliphatic rings. The summed E-state index contributed by atoms with van der Waals surface area (Å²) >= 11 is 8.06. The van der Waals surface area contributed by atoms with Crippen molar-refractivity contribution in [1.29, 1.82) is 0 Å². The number of aryl methyl sites for hydroxylation is 1. The molecular formula is C14H10ClFINO. The minimum absolute atomic E-state index is 0.274. The second kappa shape index (κ2) is 5.88. The monoisotopic (exact) mass is 389 g/mol. The summed E-state index contributed by atoms with van der Waals surface area (Å²) in [7, 11) is 0. The molecule has 98 valence electrons. The number of carbonyl (C=O) groups excluding carboxylic acids is 1. The van der Waals surface area contributed by atoms with Crippen LogP contribution in [0.3, 0.4) is 0 Å². The van der Waals surface area contributed by atoms with E-state index < -0.39 is 0 Å². The number of nitrogens with one attached hydrogen (secondary N) is 1. The molecular weight excluding hydrogens is 380 g/mol. The summed E-state index contributed by atoms with van der Waals surface area (Å²) in [5.41, 5.74) is 1.50. The number of hydrogen-bond acceptors (Lipinski definition) is 1. The third-order valence-corrected chi connectivity index (χ3v) is 4.17. The third-order valence-electron chi connectivity index (χ3n) is 2.60. The van der Waals surface area contributed by atoms with Crippen molar-refractivity contribution in [3.05, 3.63) is 61.9 Å². The summed E-state index contributed by atoms with van der Waals surface area (Å²) in [5, 5.41) is 3.24. The molecule has 0 bridgehead atoms. The highest BCUT2D eigenvalue weighted by atomic mass is 127. The average Bonchev–Trinajstić information content (AvgIpc) is 2.37. The Kier molecular flexibility index (Phi) is 4.42. The first-order valence-corrected chi connectivity index (χ1v) is 6.95. The fourth-order valence-corrected chi connectivity index (χ4v) is 2.08. The highest BCUT2D eigenvalue weighted by molar-refractivity contribution is 14.1. The third kappa shape index (κ3) is 3.45. The zero-order chi connectivity index (χ0) is 14.0. The summed E-state index contributed by atoms with van der Waals surface area (Å²) in [6.45, 7) is 1.65. The van der Waals surface area contributed by atoms with Crippen LogP contribution >= 0.6 is 34.2 Å². The topological polar surface area (TPSA) is 29.1 Å². The van der Waals surface area contributed by atoms with Crippen LogP contribution in [0.4, 0.5) is 10.1 Å². The molecule has 1 amide bonds. The van der Waals surface area contributed by atoms with Gasteiger partial charge in [0.2, 0.25) is 0 Å². The van der Waals surface area contributed by atoms with E-state index in [4.69, 9.17) is 11.6 Å². The predicted molar refractivity (Wildman–Crippen MR) is 83.3 cm³/mol. The van der Waals surface area contributed by atoms with Crippen LogP contribution in [0.2, 0.25) is 5.02 Å². The molecule has 2 aromatic rings. The molecule has 0 saturated carbocycles. The van der Waals surface area contributed by atoms with E-state index in [2.05, 4.69) is 27.9 Å². The fourth-order valence-electron chi connectivity index (χ4n) is 1.56. The largest absolute Gasteiger partial charge is 0.322 e. The van der Waals surface area contributed by atoms with E-state index in [0.29, 0.717) is 21.8 Å². The molecule has 2 rings (SSSR count). The lowest BCUT2D eigenvalue weighted by molar-refractivity contribution is 0.102. The van der Waals surface area contributed by atoms with Gasteiger partial charge in [-0.1, -0.05) is 11.6 Å².